The lowest BCUT2D eigenvalue weighted by Crippen LogP contribution is -2.44. The first-order valence-electron chi connectivity index (χ1n) is 8.30. The van der Waals surface area contributed by atoms with E-state index in [1.165, 1.54) is 32.5 Å². The summed E-state index contributed by atoms with van der Waals surface area (Å²) < 4.78 is 0. The monoisotopic (exact) mass is 410 g/mol. The van der Waals surface area contributed by atoms with Crippen LogP contribution in [0.1, 0.15) is 47.5 Å². The molecule has 0 aromatic rings. The van der Waals surface area contributed by atoms with Gasteiger partial charge in [0.15, 0.2) is 5.96 Å². The van der Waals surface area contributed by atoms with Gasteiger partial charge in [-0.05, 0) is 51.6 Å². The van der Waals surface area contributed by atoms with Gasteiger partial charge in [0.25, 0.3) is 0 Å². The molecule has 21 heavy (non-hydrogen) atoms. The second-order valence-corrected chi connectivity index (χ2v) is 6.51. The summed E-state index contributed by atoms with van der Waals surface area (Å²) in [5.41, 5.74) is 0. The lowest BCUT2D eigenvalue weighted by Gasteiger charge is -2.22. The molecule has 0 radical (unpaired) electrons. The minimum atomic E-state index is 0. The summed E-state index contributed by atoms with van der Waals surface area (Å²) >= 11 is 0. The first-order valence-corrected chi connectivity index (χ1v) is 8.30. The molecule has 2 N–H and O–H groups in total. The second-order valence-electron chi connectivity index (χ2n) is 6.51. The molecule has 1 fully saturated rings. The van der Waals surface area contributed by atoms with Crippen LogP contribution in [0.2, 0.25) is 0 Å². The molecule has 1 saturated heterocycles. The second kappa shape index (κ2) is 11.5. The molecule has 126 valence electrons. The van der Waals surface area contributed by atoms with Gasteiger partial charge in [0.2, 0.25) is 0 Å². The lowest BCUT2D eigenvalue weighted by atomic mass is 10.1. The Balaban J connectivity index is 0.00000400. The number of aliphatic imine (C=N–C) groups is 1. The zero-order chi connectivity index (χ0) is 15.0. The molecule has 5 heteroatoms. The Morgan fingerprint density at radius 2 is 1.76 bits per heavy atom. The van der Waals surface area contributed by atoms with Crippen molar-refractivity contribution < 1.29 is 0 Å². The van der Waals surface area contributed by atoms with Crippen LogP contribution in [0.5, 0.6) is 0 Å². The van der Waals surface area contributed by atoms with E-state index in [1.54, 1.807) is 0 Å². The normalized spacial score (nSPS) is 19.2. The van der Waals surface area contributed by atoms with E-state index in [0.717, 1.165) is 19.0 Å². The summed E-state index contributed by atoms with van der Waals surface area (Å²) in [6.45, 7) is 16.6. The fourth-order valence-electron chi connectivity index (χ4n) is 2.41. The molecule has 0 spiro atoms. The molecule has 0 aliphatic carbocycles. The van der Waals surface area contributed by atoms with Gasteiger partial charge in [-0.2, -0.15) is 0 Å². The number of halogens is 1. The number of rotatable bonds is 7. The van der Waals surface area contributed by atoms with Crippen molar-refractivity contribution in [1.82, 2.24) is 15.5 Å². The third-order valence-corrected chi connectivity index (χ3v) is 4.04. The largest absolute Gasteiger partial charge is 0.357 e. The number of nitrogens with one attached hydrogen (secondary N) is 2. The highest BCUT2D eigenvalue weighted by atomic mass is 127. The van der Waals surface area contributed by atoms with Crippen molar-refractivity contribution in [3.05, 3.63) is 0 Å². The van der Waals surface area contributed by atoms with Gasteiger partial charge in [-0.15, -0.1) is 24.0 Å². The van der Waals surface area contributed by atoms with E-state index in [-0.39, 0.29) is 24.0 Å². The fourth-order valence-corrected chi connectivity index (χ4v) is 2.41. The van der Waals surface area contributed by atoms with Crippen molar-refractivity contribution in [2.24, 2.45) is 16.8 Å². The van der Waals surface area contributed by atoms with Gasteiger partial charge in [-0.3, -0.25) is 4.99 Å². The van der Waals surface area contributed by atoms with Gasteiger partial charge in [0.05, 0.1) is 0 Å². The summed E-state index contributed by atoms with van der Waals surface area (Å²) in [5.74, 6) is 2.20. The number of likely N-dealkylation sites (tertiary alicyclic amines) is 1. The van der Waals surface area contributed by atoms with Crippen molar-refractivity contribution in [3.63, 3.8) is 0 Å². The van der Waals surface area contributed by atoms with E-state index >= 15 is 0 Å². The average Bonchev–Trinajstić information content (AvgIpc) is 2.88. The minimum absolute atomic E-state index is 0. The summed E-state index contributed by atoms with van der Waals surface area (Å²) in [6.07, 6.45) is 2.73. The molecule has 0 amide bonds. The maximum Gasteiger partial charge on any atom is 0.191 e. The molecule has 4 nitrogen and oxygen atoms in total. The van der Waals surface area contributed by atoms with Gasteiger partial charge in [-0.25, -0.2) is 0 Å². The van der Waals surface area contributed by atoms with Gasteiger partial charge in [0.1, 0.15) is 0 Å². The number of hydrogen-bond donors (Lipinski definition) is 2. The fraction of sp³-hybridized carbons (Fsp3) is 0.938. The van der Waals surface area contributed by atoms with Gasteiger partial charge >= 0.3 is 0 Å². The first kappa shape index (κ1) is 21.0. The molecule has 0 aromatic heterocycles. The van der Waals surface area contributed by atoms with Crippen LogP contribution in [-0.2, 0) is 0 Å². The Kier molecular flexibility index (Phi) is 11.5. The Hall–Kier alpha value is -0.0400. The maximum atomic E-state index is 4.75. The highest BCUT2D eigenvalue weighted by molar-refractivity contribution is 14.0. The topological polar surface area (TPSA) is 39.7 Å². The third kappa shape index (κ3) is 8.86. The quantitative estimate of drug-likeness (QED) is 0.385. The Morgan fingerprint density at radius 1 is 1.14 bits per heavy atom. The van der Waals surface area contributed by atoms with Crippen molar-refractivity contribution in [1.29, 1.82) is 0 Å². The van der Waals surface area contributed by atoms with Crippen LogP contribution in [0.15, 0.2) is 4.99 Å². The van der Waals surface area contributed by atoms with Gasteiger partial charge < -0.3 is 15.5 Å². The molecular formula is C16H35IN4. The average molecular weight is 410 g/mol. The van der Waals surface area contributed by atoms with E-state index in [0.29, 0.717) is 17.9 Å². The predicted molar refractivity (Wildman–Crippen MR) is 104 cm³/mol. The summed E-state index contributed by atoms with van der Waals surface area (Å²) in [6, 6.07) is 0.446. The van der Waals surface area contributed by atoms with Crippen LogP contribution in [-0.4, -0.2) is 49.6 Å². The molecule has 1 heterocycles. The van der Waals surface area contributed by atoms with Crippen LogP contribution < -0.4 is 10.6 Å². The van der Waals surface area contributed by atoms with E-state index in [9.17, 15) is 0 Å². The zero-order valence-electron chi connectivity index (χ0n) is 14.5. The third-order valence-electron chi connectivity index (χ3n) is 4.04. The first-order chi connectivity index (χ1) is 9.52. The molecule has 2 atom stereocenters. The van der Waals surface area contributed by atoms with Crippen LogP contribution in [0.3, 0.4) is 0 Å². The SMILES string of the molecule is CCNC(=NCC(C)CN1CCCC1)NC(C)C(C)C.I. The van der Waals surface area contributed by atoms with E-state index in [2.05, 4.69) is 50.2 Å². The predicted octanol–water partition coefficient (Wildman–Crippen LogP) is 2.94. The lowest BCUT2D eigenvalue weighted by molar-refractivity contribution is 0.291. The van der Waals surface area contributed by atoms with Crippen LogP contribution in [0, 0.1) is 11.8 Å². The highest BCUT2D eigenvalue weighted by Crippen LogP contribution is 2.10. The Bertz CT molecular complexity index is 288. The molecule has 2 unspecified atom stereocenters. The highest BCUT2D eigenvalue weighted by Gasteiger charge is 2.15. The molecule has 1 aliphatic rings. The van der Waals surface area contributed by atoms with Crippen LogP contribution in [0.4, 0.5) is 0 Å². The van der Waals surface area contributed by atoms with Crippen molar-refractivity contribution in [2.75, 3.05) is 32.7 Å². The Labute approximate surface area is 148 Å². The van der Waals surface area contributed by atoms with E-state index in [1.807, 2.05) is 0 Å². The smallest absolute Gasteiger partial charge is 0.191 e. The standard InChI is InChI=1S/C16H34N4.HI/c1-6-17-16(19-15(5)13(2)3)18-11-14(4)12-20-9-7-8-10-20;/h13-15H,6-12H2,1-5H3,(H2,17,18,19);1H. The number of hydrogen-bond acceptors (Lipinski definition) is 2. The molecular weight excluding hydrogens is 375 g/mol. The molecule has 0 saturated carbocycles. The number of nitrogens with zero attached hydrogens (tertiary/aromatic N) is 2. The van der Waals surface area contributed by atoms with Gasteiger partial charge in [0, 0.05) is 25.7 Å². The maximum absolute atomic E-state index is 4.75. The number of guanidine groups is 1. The van der Waals surface area contributed by atoms with Crippen molar-refractivity contribution in [3.8, 4) is 0 Å². The van der Waals surface area contributed by atoms with E-state index < -0.39 is 0 Å². The van der Waals surface area contributed by atoms with Crippen molar-refractivity contribution >= 4 is 29.9 Å². The zero-order valence-corrected chi connectivity index (χ0v) is 16.8. The minimum Gasteiger partial charge on any atom is -0.357 e. The van der Waals surface area contributed by atoms with E-state index in [4.69, 9.17) is 4.99 Å². The van der Waals surface area contributed by atoms with Gasteiger partial charge in [-0.1, -0.05) is 20.8 Å². The molecule has 1 aliphatic heterocycles. The molecule has 0 aromatic carbocycles. The van der Waals surface area contributed by atoms with Crippen LogP contribution >= 0.6 is 24.0 Å². The van der Waals surface area contributed by atoms with Crippen molar-refractivity contribution in [2.45, 2.75) is 53.5 Å². The molecule has 1 rings (SSSR count). The Morgan fingerprint density at radius 3 is 2.29 bits per heavy atom. The summed E-state index contributed by atoms with van der Waals surface area (Å²) in [5, 5.41) is 6.83. The molecule has 0 bridgehead atoms. The summed E-state index contributed by atoms with van der Waals surface area (Å²) in [4.78, 5) is 7.31. The van der Waals surface area contributed by atoms with Crippen LogP contribution in [0.25, 0.3) is 0 Å². The summed E-state index contributed by atoms with van der Waals surface area (Å²) in [7, 11) is 0.